The molecule has 5 heteroatoms. The standard InChI is InChI=1S/C16H24N2O2S/c1-3-12(17)15(13-6-4-5-9-18-13)21-11-16(7-8-16)10-14(19)20-2/h4-6,9,12,15H,3,7-8,10-11,17H2,1-2H3. The topological polar surface area (TPSA) is 65.2 Å². The molecule has 0 spiro atoms. The SMILES string of the molecule is CCC(N)C(SCC1(CC(=O)OC)CC1)c1ccccn1. The Morgan fingerprint density at radius 1 is 1.52 bits per heavy atom. The Kier molecular flexibility index (Phi) is 5.65. The largest absolute Gasteiger partial charge is 0.469 e. The molecule has 1 aliphatic rings. The third kappa shape index (κ3) is 4.45. The van der Waals surface area contributed by atoms with E-state index >= 15 is 0 Å². The van der Waals surface area contributed by atoms with Gasteiger partial charge in [-0.25, -0.2) is 0 Å². The van der Waals surface area contributed by atoms with Crippen molar-refractivity contribution >= 4 is 17.7 Å². The first-order chi connectivity index (χ1) is 10.1. The minimum Gasteiger partial charge on any atom is -0.469 e. The average molecular weight is 308 g/mol. The number of pyridine rings is 1. The van der Waals surface area contributed by atoms with Gasteiger partial charge in [-0.05, 0) is 36.8 Å². The van der Waals surface area contributed by atoms with Gasteiger partial charge in [0.05, 0.1) is 24.5 Å². The van der Waals surface area contributed by atoms with Crippen molar-refractivity contribution in [2.45, 2.75) is 43.9 Å². The summed E-state index contributed by atoms with van der Waals surface area (Å²) in [6.45, 7) is 2.10. The minimum atomic E-state index is -0.109. The normalized spacial score (nSPS) is 18.8. The Morgan fingerprint density at radius 2 is 2.29 bits per heavy atom. The van der Waals surface area contributed by atoms with Crippen molar-refractivity contribution in [3.8, 4) is 0 Å². The van der Waals surface area contributed by atoms with Gasteiger partial charge in [0, 0.05) is 18.0 Å². The zero-order valence-corrected chi connectivity index (χ0v) is 13.6. The fourth-order valence-corrected chi connectivity index (χ4v) is 4.05. The molecular formula is C16H24N2O2S. The molecule has 0 bridgehead atoms. The highest BCUT2D eigenvalue weighted by Crippen LogP contribution is 2.53. The average Bonchev–Trinajstić information content (AvgIpc) is 3.27. The Labute approximate surface area is 130 Å². The maximum Gasteiger partial charge on any atom is 0.306 e. The zero-order valence-electron chi connectivity index (χ0n) is 12.7. The summed E-state index contributed by atoms with van der Waals surface area (Å²) in [7, 11) is 1.45. The highest BCUT2D eigenvalue weighted by molar-refractivity contribution is 7.99. The third-order valence-electron chi connectivity index (χ3n) is 4.11. The zero-order chi connectivity index (χ0) is 15.3. The molecule has 116 valence electrons. The van der Waals surface area contributed by atoms with E-state index < -0.39 is 0 Å². The quantitative estimate of drug-likeness (QED) is 0.748. The number of thioether (sulfide) groups is 1. The van der Waals surface area contributed by atoms with E-state index in [9.17, 15) is 4.79 Å². The van der Waals surface area contributed by atoms with Gasteiger partial charge in [0.2, 0.25) is 0 Å². The molecule has 0 saturated heterocycles. The molecule has 2 N–H and O–H groups in total. The number of methoxy groups -OCH3 is 1. The van der Waals surface area contributed by atoms with Crippen molar-refractivity contribution in [2.75, 3.05) is 12.9 Å². The number of ether oxygens (including phenoxy) is 1. The molecule has 0 aromatic carbocycles. The number of carbonyl (C=O) groups excluding carboxylic acids is 1. The van der Waals surface area contributed by atoms with Gasteiger partial charge in [0.15, 0.2) is 0 Å². The van der Waals surface area contributed by atoms with Gasteiger partial charge in [-0.3, -0.25) is 9.78 Å². The second-order valence-corrected chi connectivity index (χ2v) is 6.94. The van der Waals surface area contributed by atoms with Gasteiger partial charge in [0.25, 0.3) is 0 Å². The summed E-state index contributed by atoms with van der Waals surface area (Å²) in [5.41, 5.74) is 7.43. The van der Waals surface area contributed by atoms with Gasteiger partial charge >= 0.3 is 5.97 Å². The monoisotopic (exact) mass is 308 g/mol. The number of carbonyl (C=O) groups is 1. The van der Waals surface area contributed by atoms with Crippen LogP contribution in [-0.2, 0) is 9.53 Å². The number of rotatable bonds is 8. The Morgan fingerprint density at radius 3 is 2.81 bits per heavy atom. The first-order valence-electron chi connectivity index (χ1n) is 7.45. The lowest BCUT2D eigenvalue weighted by atomic mass is 10.1. The molecule has 1 aromatic heterocycles. The highest BCUT2D eigenvalue weighted by atomic mass is 32.2. The highest BCUT2D eigenvalue weighted by Gasteiger charge is 2.45. The van der Waals surface area contributed by atoms with Crippen molar-refractivity contribution in [3.05, 3.63) is 30.1 Å². The predicted octanol–water partition coefficient (Wildman–Crippen LogP) is 2.94. The van der Waals surface area contributed by atoms with Crippen molar-refractivity contribution in [1.29, 1.82) is 0 Å². The van der Waals surface area contributed by atoms with Crippen LogP contribution in [0.5, 0.6) is 0 Å². The second kappa shape index (κ2) is 7.27. The van der Waals surface area contributed by atoms with Gasteiger partial charge in [-0.2, -0.15) is 0 Å². The first-order valence-corrected chi connectivity index (χ1v) is 8.50. The summed E-state index contributed by atoms with van der Waals surface area (Å²) in [6, 6.07) is 6.04. The summed E-state index contributed by atoms with van der Waals surface area (Å²) in [6.07, 6.45) is 5.45. The molecule has 2 rings (SSSR count). The Hall–Kier alpha value is -1.07. The van der Waals surface area contributed by atoms with E-state index in [2.05, 4.69) is 11.9 Å². The summed E-state index contributed by atoms with van der Waals surface area (Å²) in [4.78, 5) is 16.0. The van der Waals surface area contributed by atoms with Crippen LogP contribution in [0.4, 0.5) is 0 Å². The lowest BCUT2D eigenvalue weighted by Gasteiger charge is -2.24. The second-order valence-electron chi connectivity index (χ2n) is 5.81. The van der Waals surface area contributed by atoms with Gasteiger partial charge < -0.3 is 10.5 Å². The van der Waals surface area contributed by atoms with E-state index in [1.165, 1.54) is 7.11 Å². The van der Waals surface area contributed by atoms with E-state index in [0.29, 0.717) is 6.42 Å². The van der Waals surface area contributed by atoms with E-state index in [-0.39, 0.29) is 22.7 Å². The van der Waals surface area contributed by atoms with Crippen LogP contribution in [0, 0.1) is 5.41 Å². The number of esters is 1. The number of nitrogens with two attached hydrogens (primary N) is 1. The Bertz CT molecular complexity index is 463. The number of hydrogen-bond acceptors (Lipinski definition) is 5. The lowest BCUT2D eigenvalue weighted by molar-refractivity contribution is -0.141. The fraction of sp³-hybridized carbons (Fsp3) is 0.625. The molecule has 0 amide bonds. The van der Waals surface area contributed by atoms with Gasteiger partial charge in [0.1, 0.15) is 0 Å². The van der Waals surface area contributed by atoms with E-state index in [4.69, 9.17) is 10.5 Å². The minimum absolute atomic E-state index is 0.0822. The molecule has 1 saturated carbocycles. The van der Waals surface area contributed by atoms with E-state index in [1.54, 1.807) is 0 Å². The van der Waals surface area contributed by atoms with Gasteiger partial charge in [-0.15, -0.1) is 11.8 Å². The van der Waals surface area contributed by atoms with Crippen molar-refractivity contribution < 1.29 is 9.53 Å². The first kappa shape index (κ1) is 16.3. The summed E-state index contributed by atoms with van der Waals surface area (Å²) in [5.74, 6) is 0.833. The number of aromatic nitrogens is 1. The summed E-state index contributed by atoms with van der Waals surface area (Å²) in [5, 5.41) is 0.186. The maximum absolute atomic E-state index is 11.5. The van der Waals surface area contributed by atoms with Crippen molar-refractivity contribution in [2.24, 2.45) is 11.1 Å². The molecule has 1 fully saturated rings. The fourth-order valence-electron chi connectivity index (χ4n) is 2.38. The van der Waals surface area contributed by atoms with Crippen LogP contribution in [-0.4, -0.2) is 29.9 Å². The van der Waals surface area contributed by atoms with Gasteiger partial charge in [-0.1, -0.05) is 13.0 Å². The summed E-state index contributed by atoms with van der Waals surface area (Å²) < 4.78 is 4.80. The molecule has 0 radical (unpaired) electrons. The maximum atomic E-state index is 11.5. The molecule has 1 heterocycles. The number of nitrogens with zero attached hydrogens (tertiary/aromatic N) is 1. The van der Waals surface area contributed by atoms with Crippen molar-refractivity contribution in [3.63, 3.8) is 0 Å². The lowest BCUT2D eigenvalue weighted by Crippen LogP contribution is -2.27. The van der Waals surface area contributed by atoms with E-state index in [1.807, 2.05) is 36.2 Å². The van der Waals surface area contributed by atoms with Crippen LogP contribution in [0.3, 0.4) is 0 Å². The van der Waals surface area contributed by atoms with Crippen LogP contribution >= 0.6 is 11.8 Å². The van der Waals surface area contributed by atoms with Crippen LogP contribution < -0.4 is 5.73 Å². The van der Waals surface area contributed by atoms with Crippen LogP contribution in [0.15, 0.2) is 24.4 Å². The molecule has 1 aromatic rings. The molecule has 2 unspecified atom stereocenters. The Balaban J connectivity index is 1.99. The molecule has 21 heavy (non-hydrogen) atoms. The smallest absolute Gasteiger partial charge is 0.306 e. The molecular weight excluding hydrogens is 284 g/mol. The summed E-state index contributed by atoms with van der Waals surface area (Å²) >= 11 is 1.83. The van der Waals surface area contributed by atoms with E-state index in [0.717, 1.165) is 30.7 Å². The molecule has 4 nitrogen and oxygen atoms in total. The van der Waals surface area contributed by atoms with Crippen molar-refractivity contribution in [1.82, 2.24) is 4.98 Å². The molecule has 1 aliphatic carbocycles. The third-order valence-corrected chi connectivity index (χ3v) is 5.84. The van der Waals surface area contributed by atoms with Crippen LogP contribution in [0.2, 0.25) is 0 Å². The van der Waals surface area contributed by atoms with Crippen LogP contribution in [0.1, 0.15) is 43.6 Å². The van der Waals surface area contributed by atoms with Crippen LogP contribution in [0.25, 0.3) is 0 Å². The number of hydrogen-bond donors (Lipinski definition) is 1. The molecule has 0 aliphatic heterocycles. The molecule has 2 atom stereocenters. The predicted molar refractivity (Wildman–Crippen MR) is 86.0 cm³/mol.